The molecule has 1 aromatic carbocycles. The third-order valence-corrected chi connectivity index (χ3v) is 5.46. The van der Waals surface area contributed by atoms with Crippen molar-refractivity contribution < 1.29 is 9.53 Å². The third-order valence-electron chi connectivity index (χ3n) is 5.46. The molecule has 2 fully saturated rings. The summed E-state index contributed by atoms with van der Waals surface area (Å²) in [5, 5.41) is 3.23. The zero-order valence-electron chi connectivity index (χ0n) is 15.5. The summed E-state index contributed by atoms with van der Waals surface area (Å²) in [5.74, 6) is 0.0555. The van der Waals surface area contributed by atoms with Gasteiger partial charge in [-0.05, 0) is 31.9 Å². The van der Waals surface area contributed by atoms with Crippen molar-refractivity contribution in [2.24, 2.45) is 0 Å². The number of nitrogens with one attached hydrogen (secondary N) is 1. The van der Waals surface area contributed by atoms with Gasteiger partial charge in [0.2, 0.25) is 0 Å². The first-order valence-corrected chi connectivity index (χ1v) is 9.58. The highest BCUT2D eigenvalue weighted by molar-refractivity contribution is 5.81. The first-order valence-electron chi connectivity index (χ1n) is 9.58. The summed E-state index contributed by atoms with van der Waals surface area (Å²) in [7, 11) is 0. The number of piperidine rings is 1. The van der Waals surface area contributed by atoms with E-state index < -0.39 is 0 Å². The zero-order chi connectivity index (χ0) is 17.6. The molecule has 0 saturated carbocycles. The van der Waals surface area contributed by atoms with E-state index in [1.54, 1.807) is 0 Å². The number of amides is 1. The molecule has 2 heterocycles. The highest BCUT2D eigenvalue weighted by Gasteiger charge is 2.30. The van der Waals surface area contributed by atoms with Gasteiger partial charge in [-0.2, -0.15) is 0 Å². The van der Waals surface area contributed by atoms with Crippen LogP contribution in [0.25, 0.3) is 0 Å². The van der Waals surface area contributed by atoms with Gasteiger partial charge in [0.15, 0.2) is 0 Å². The molecule has 3 rings (SSSR count). The number of hydrogen-bond acceptors (Lipinski definition) is 4. The average molecular weight is 345 g/mol. The van der Waals surface area contributed by atoms with Crippen molar-refractivity contribution in [3.05, 3.63) is 35.9 Å². The van der Waals surface area contributed by atoms with Crippen molar-refractivity contribution in [2.45, 2.75) is 51.4 Å². The third kappa shape index (κ3) is 5.03. The number of carbonyl (C=O) groups excluding carboxylic acids is 1. The lowest BCUT2D eigenvalue weighted by atomic mass is 9.98. The van der Waals surface area contributed by atoms with Crippen LogP contribution in [0.4, 0.5) is 0 Å². The molecule has 0 aromatic heterocycles. The molecule has 5 heteroatoms. The Morgan fingerprint density at radius 2 is 2.08 bits per heavy atom. The maximum absolute atomic E-state index is 12.6. The summed E-state index contributed by atoms with van der Waals surface area (Å²) in [6, 6.07) is 11.2. The molecule has 2 saturated heterocycles. The van der Waals surface area contributed by atoms with Crippen molar-refractivity contribution in [1.29, 1.82) is 0 Å². The first-order chi connectivity index (χ1) is 12.2. The number of carbonyl (C=O) groups is 1. The number of hydrogen-bond donors (Lipinski definition) is 1. The Morgan fingerprint density at radius 3 is 2.80 bits per heavy atom. The summed E-state index contributed by atoms with van der Waals surface area (Å²) in [6.07, 6.45) is 1.71. The van der Waals surface area contributed by atoms with Crippen LogP contribution in [0.2, 0.25) is 0 Å². The average Bonchev–Trinajstić information content (AvgIpc) is 2.63. The van der Waals surface area contributed by atoms with Gasteiger partial charge in [0.25, 0.3) is 5.91 Å². The Balaban J connectivity index is 1.48. The molecule has 138 valence electrons. The van der Waals surface area contributed by atoms with Crippen LogP contribution in [-0.2, 0) is 16.1 Å². The van der Waals surface area contributed by atoms with E-state index in [0.29, 0.717) is 19.2 Å². The summed E-state index contributed by atoms with van der Waals surface area (Å²) >= 11 is 0. The van der Waals surface area contributed by atoms with Gasteiger partial charge in [0, 0.05) is 38.3 Å². The van der Waals surface area contributed by atoms with Crippen LogP contribution in [0.1, 0.15) is 32.3 Å². The molecule has 2 aliphatic rings. The molecule has 0 radical (unpaired) electrons. The number of nitrogens with zero attached hydrogens (tertiary/aromatic N) is 2. The zero-order valence-corrected chi connectivity index (χ0v) is 15.5. The van der Waals surface area contributed by atoms with Crippen LogP contribution in [0, 0.1) is 0 Å². The van der Waals surface area contributed by atoms with Crippen LogP contribution in [0.15, 0.2) is 30.3 Å². The number of benzene rings is 1. The highest BCUT2D eigenvalue weighted by Crippen LogP contribution is 2.18. The predicted molar refractivity (Wildman–Crippen MR) is 99.3 cm³/mol. The standard InChI is InChI=1S/C20H31N3O2/c1-3-23-10-9-18(13-16(23)2)21-20(24)19-15-22(11-12-25-19)14-17-7-5-4-6-8-17/h4-8,16,18-19H,3,9-15H2,1-2H3,(H,21,24)/t16-,18-,19+/m0/s1. The van der Waals surface area contributed by atoms with Gasteiger partial charge in [-0.3, -0.25) is 9.69 Å². The SMILES string of the molecule is CCN1CC[C@H](NC(=O)[C@H]2CN(Cc3ccccc3)CCO2)C[C@@H]1C. The second-order valence-corrected chi connectivity index (χ2v) is 7.29. The Hall–Kier alpha value is -1.43. The lowest BCUT2D eigenvalue weighted by Gasteiger charge is -2.38. The molecule has 0 bridgehead atoms. The van der Waals surface area contributed by atoms with Gasteiger partial charge >= 0.3 is 0 Å². The van der Waals surface area contributed by atoms with Crippen molar-refractivity contribution in [3.8, 4) is 0 Å². The Kier molecular flexibility index (Phi) is 6.45. The first kappa shape index (κ1) is 18.4. The van der Waals surface area contributed by atoms with Crippen molar-refractivity contribution >= 4 is 5.91 Å². The highest BCUT2D eigenvalue weighted by atomic mass is 16.5. The van der Waals surface area contributed by atoms with Gasteiger partial charge < -0.3 is 15.0 Å². The molecule has 25 heavy (non-hydrogen) atoms. The predicted octanol–water partition coefficient (Wildman–Crippen LogP) is 1.88. The monoisotopic (exact) mass is 345 g/mol. The summed E-state index contributed by atoms with van der Waals surface area (Å²) in [6.45, 7) is 9.65. The van der Waals surface area contributed by atoms with E-state index >= 15 is 0 Å². The molecule has 2 aliphatic heterocycles. The van der Waals surface area contributed by atoms with E-state index in [0.717, 1.165) is 39.0 Å². The fraction of sp³-hybridized carbons (Fsp3) is 0.650. The smallest absolute Gasteiger partial charge is 0.250 e. The quantitative estimate of drug-likeness (QED) is 0.885. The molecule has 3 atom stereocenters. The molecular formula is C20H31N3O2. The van der Waals surface area contributed by atoms with Crippen molar-refractivity contribution in [2.75, 3.05) is 32.8 Å². The van der Waals surface area contributed by atoms with Crippen molar-refractivity contribution in [1.82, 2.24) is 15.1 Å². The van der Waals surface area contributed by atoms with E-state index in [9.17, 15) is 4.79 Å². The van der Waals surface area contributed by atoms with Gasteiger partial charge in [0.05, 0.1) is 6.61 Å². The Bertz CT molecular complexity index is 551. The number of ether oxygens (including phenoxy) is 1. The van der Waals surface area contributed by atoms with Crippen LogP contribution < -0.4 is 5.32 Å². The second kappa shape index (κ2) is 8.79. The van der Waals surface area contributed by atoms with E-state index in [4.69, 9.17) is 4.74 Å². The molecule has 0 spiro atoms. The van der Waals surface area contributed by atoms with Gasteiger partial charge in [-0.1, -0.05) is 37.3 Å². The Labute approximate surface area is 151 Å². The maximum atomic E-state index is 12.6. The normalized spacial score (nSPS) is 28.6. The van der Waals surface area contributed by atoms with Crippen LogP contribution >= 0.6 is 0 Å². The molecule has 1 amide bonds. The lowest BCUT2D eigenvalue weighted by molar-refractivity contribution is -0.140. The summed E-state index contributed by atoms with van der Waals surface area (Å²) < 4.78 is 5.75. The van der Waals surface area contributed by atoms with Crippen LogP contribution in [-0.4, -0.2) is 66.7 Å². The van der Waals surface area contributed by atoms with E-state index in [2.05, 4.69) is 53.2 Å². The lowest BCUT2D eigenvalue weighted by Crippen LogP contribution is -2.54. The van der Waals surface area contributed by atoms with Crippen LogP contribution in [0.3, 0.4) is 0 Å². The van der Waals surface area contributed by atoms with Gasteiger partial charge in [-0.25, -0.2) is 0 Å². The largest absolute Gasteiger partial charge is 0.366 e. The minimum Gasteiger partial charge on any atom is -0.366 e. The van der Waals surface area contributed by atoms with E-state index in [1.807, 2.05) is 6.07 Å². The minimum atomic E-state index is -0.350. The molecule has 0 aliphatic carbocycles. The molecule has 1 aromatic rings. The van der Waals surface area contributed by atoms with Crippen LogP contribution in [0.5, 0.6) is 0 Å². The van der Waals surface area contributed by atoms with E-state index in [-0.39, 0.29) is 18.1 Å². The topological polar surface area (TPSA) is 44.8 Å². The minimum absolute atomic E-state index is 0.0555. The number of likely N-dealkylation sites (tertiary alicyclic amines) is 1. The van der Waals surface area contributed by atoms with Crippen molar-refractivity contribution in [3.63, 3.8) is 0 Å². The van der Waals surface area contributed by atoms with Gasteiger partial charge in [-0.15, -0.1) is 0 Å². The van der Waals surface area contributed by atoms with E-state index in [1.165, 1.54) is 5.56 Å². The fourth-order valence-electron chi connectivity index (χ4n) is 3.96. The summed E-state index contributed by atoms with van der Waals surface area (Å²) in [4.78, 5) is 17.4. The molecular weight excluding hydrogens is 314 g/mol. The number of rotatable bonds is 5. The van der Waals surface area contributed by atoms with Gasteiger partial charge in [0.1, 0.15) is 6.10 Å². The molecule has 0 unspecified atom stereocenters. The molecule has 5 nitrogen and oxygen atoms in total. The Morgan fingerprint density at radius 1 is 1.28 bits per heavy atom. The maximum Gasteiger partial charge on any atom is 0.250 e. The fourth-order valence-corrected chi connectivity index (χ4v) is 3.96. The summed E-state index contributed by atoms with van der Waals surface area (Å²) in [5.41, 5.74) is 1.28. The number of morpholine rings is 1. The second-order valence-electron chi connectivity index (χ2n) is 7.29. The molecule has 1 N–H and O–H groups in total.